The third-order valence-electron chi connectivity index (χ3n) is 3.97. The van der Waals surface area contributed by atoms with Crippen molar-refractivity contribution >= 4 is 5.96 Å². The van der Waals surface area contributed by atoms with Gasteiger partial charge in [0, 0.05) is 25.7 Å². The molecule has 0 aromatic heterocycles. The number of rotatable bonds is 5. The van der Waals surface area contributed by atoms with E-state index in [1.807, 2.05) is 6.92 Å². The molecule has 1 unspecified atom stereocenters. The highest BCUT2D eigenvalue weighted by Gasteiger charge is 2.34. The molecule has 1 aliphatic carbocycles. The van der Waals surface area contributed by atoms with Crippen LogP contribution in [0, 0.1) is 5.92 Å². The molecule has 1 fully saturated rings. The summed E-state index contributed by atoms with van der Waals surface area (Å²) in [6.07, 6.45) is 2.95. The Morgan fingerprint density at radius 1 is 1.32 bits per heavy atom. The lowest BCUT2D eigenvalue weighted by Gasteiger charge is -2.18. The van der Waals surface area contributed by atoms with Gasteiger partial charge in [0.05, 0.1) is 6.54 Å². The molecule has 0 saturated carbocycles. The summed E-state index contributed by atoms with van der Waals surface area (Å²) >= 11 is 0. The Hall–Kier alpha value is -1.24. The van der Waals surface area contributed by atoms with E-state index in [0.717, 1.165) is 31.8 Å². The van der Waals surface area contributed by atoms with Crippen molar-refractivity contribution in [3.63, 3.8) is 0 Å². The van der Waals surface area contributed by atoms with Crippen molar-refractivity contribution in [2.75, 3.05) is 32.7 Å². The Morgan fingerprint density at radius 2 is 2.05 bits per heavy atom. The van der Waals surface area contributed by atoms with E-state index in [1.165, 1.54) is 4.90 Å². The predicted molar refractivity (Wildman–Crippen MR) is 81.9 cm³/mol. The number of hydrogen-bond donors (Lipinski definition) is 2. The first-order chi connectivity index (χ1) is 10.5. The van der Waals surface area contributed by atoms with Crippen molar-refractivity contribution in [1.82, 2.24) is 15.5 Å². The average molecular weight is 318 g/mol. The quantitative estimate of drug-likeness (QED) is 0.463. The van der Waals surface area contributed by atoms with Crippen LogP contribution < -0.4 is 10.6 Å². The summed E-state index contributed by atoms with van der Waals surface area (Å²) in [6.45, 7) is 3.54. The first-order valence-electron chi connectivity index (χ1n) is 7.95. The third kappa shape index (κ3) is 5.87. The summed E-state index contributed by atoms with van der Waals surface area (Å²) in [7, 11) is 0. The van der Waals surface area contributed by atoms with Gasteiger partial charge in [0.2, 0.25) is 0 Å². The number of nitrogens with zero attached hydrogens (tertiary/aromatic N) is 2. The highest BCUT2D eigenvalue weighted by molar-refractivity contribution is 5.80. The molecule has 2 rings (SSSR count). The molecular formula is C15H25F3N4. The van der Waals surface area contributed by atoms with Crippen LogP contribution in [0.5, 0.6) is 0 Å². The minimum absolute atomic E-state index is 0.208. The summed E-state index contributed by atoms with van der Waals surface area (Å²) in [5.41, 5.74) is 0. The molecular weight excluding hydrogens is 293 g/mol. The highest BCUT2D eigenvalue weighted by Crippen LogP contribution is 2.22. The molecule has 2 N–H and O–H groups in total. The lowest BCUT2D eigenvalue weighted by atomic mass is 10.1. The summed E-state index contributed by atoms with van der Waals surface area (Å²) in [5, 5.41) is 6.57. The zero-order chi connectivity index (χ0) is 16.0. The van der Waals surface area contributed by atoms with E-state index in [0.29, 0.717) is 25.7 Å². The summed E-state index contributed by atoms with van der Waals surface area (Å²) in [6, 6.07) is 0.378. The fraction of sp³-hybridized carbons (Fsp3) is 0.800. The van der Waals surface area contributed by atoms with Crippen LogP contribution in [0.25, 0.3) is 0 Å². The largest absolute Gasteiger partial charge is 0.401 e. The van der Waals surface area contributed by atoms with Gasteiger partial charge in [0.1, 0.15) is 0 Å². The van der Waals surface area contributed by atoms with E-state index in [9.17, 15) is 13.2 Å². The number of nitrogens with one attached hydrogen (secondary N) is 2. The molecule has 1 saturated heterocycles. The van der Waals surface area contributed by atoms with Crippen molar-refractivity contribution in [3.8, 4) is 0 Å². The number of guanidine groups is 1. The summed E-state index contributed by atoms with van der Waals surface area (Å²) < 4.78 is 37.1. The Balaban J connectivity index is 1.78. The zero-order valence-electron chi connectivity index (χ0n) is 13.0. The molecule has 0 spiro atoms. The van der Waals surface area contributed by atoms with Crippen molar-refractivity contribution in [2.45, 2.75) is 38.4 Å². The SMILES string of the molecule is CCNC(=NCC1CCN(CC(F)(F)F)C1)NC1CC=CC1. The van der Waals surface area contributed by atoms with Gasteiger partial charge in [-0.25, -0.2) is 0 Å². The molecule has 0 aromatic rings. The second kappa shape index (κ2) is 7.85. The van der Waals surface area contributed by atoms with Crippen LogP contribution >= 0.6 is 0 Å². The lowest BCUT2D eigenvalue weighted by Crippen LogP contribution is -2.42. The van der Waals surface area contributed by atoms with Crippen LogP contribution in [-0.2, 0) is 0 Å². The predicted octanol–water partition coefficient (Wildman–Crippen LogP) is 2.14. The van der Waals surface area contributed by atoms with Gasteiger partial charge in [-0.15, -0.1) is 0 Å². The number of alkyl halides is 3. The molecule has 4 nitrogen and oxygen atoms in total. The van der Waals surface area contributed by atoms with E-state index in [4.69, 9.17) is 0 Å². The Bertz CT molecular complexity index is 398. The van der Waals surface area contributed by atoms with Crippen LogP contribution in [0.4, 0.5) is 13.2 Å². The number of hydrogen-bond acceptors (Lipinski definition) is 2. The average Bonchev–Trinajstić information content (AvgIpc) is 3.06. The van der Waals surface area contributed by atoms with Crippen LogP contribution in [-0.4, -0.2) is 55.8 Å². The van der Waals surface area contributed by atoms with Gasteiger partial charge in [-0.2, -0.15) is 13.2 Å². The fourth-order valence-electron chi connectivity index (χ4n) is 2.93. The molecule has 0 radical (unpaired) electrons. The topological polar surface area (TPSA) is 39.7 Å². The van der Waals surface area contributed by atoms with E-state index in [-0.39, 0.29) is 5.92 Å². The summed E-state index contributed by atoms with van der Waals surface area (Å²) in [4.78, 5) is 6.02. The van der Waals surface area contributed by atoms with Gasteiger partial charge in [0.15, 0.2) is 5.96 Å². The van der Waals surface area contributed by atoms with Crippen LogP contribution in [0.2, 0.25) is 0 Å². The van der Waals surface area contributed by atoms with Crippen LogP contribution in [0.1, 0.15) is 26.2 Å². The number of aliphatic imine (C=N–C) groups is 1. The standard InChI is InChI=1S/C15H25F3N4/c1-2-19-14(21-13-5-3-4-6-13)20-9-12-7-8-22(10-12)11-15(16,17)18/h3-4,12-13H,2,5-11H2,1H3,(H2,19,20,21). The van der Waals surface area contributed by atoms with Gasteiger partial charge < -0.3 is 10.6 Å². The molecule has 7 heteroatoms. The van der Waals surface area contributed by atoms with Gasteiger partial charge >= 0.3 is 6.18 Å². The molecule has 1 atom stereocenters. The Morgan fingerprint density at radius 3 is 2.68 bits per heavy atom. The first kappa shape index (κ1) is 17.1. The van der Waals surface area contributed by atoms with Crippen LogP contribution in [0.15, 0.2) is 17.1 Å². The molecule has 0 aromatic carbocycles. The second-order valence-corrected chi connectivity index (χ2v) is 6.01. The van der Waals surface area contributed by atoms with Crippen molar-refractivity contribution in [3.05, 3.63) is 12.2 Å². The maximum Gasteiger partial charge on any atom is 0.401 e. The lowest BCUT2D eigenvalue weighted by molar-refractivity contribution is -0.143. The molecule has 0 bridgehead atoms. The van der Waals surface area contributed by atoms with E-state index < -0.39 is 12.7 Å². The molecule has 126 valence electrons. The minimum Gasteiger partial charge on any atom is -0.357 e. The molecule has 22 heavy (non-hydrogen) atoms. The smallest absolute Gasteiger partial charge is 0.357 e. The van der Waals surface area contributed by atoms with Gasteiger partial charge in [-0.1, -0.05) is 12.2 Å². The van der Waals surface area contributed by atoms with Gasteiger partial charge in [-0.3, -0.25) is 9.89 Å². The highest BCUT2D eigenvalue weighted by atomic mass is 19.4. The maximum absolute atomic E-state index is 12.4. The maximum atomic E-state index is 12.4. The number of likely N-dealkylation sites (tertiary alicyclic amines) is 1. The fourth-order valence-corrected chi connectivity index (χ4v) is 2.93. The van der Waals surface area contributed by atoms with E-state index >= 15 is 0 Å². The minimum atomic E-state index is -4.11. The third-order valence-corrected chi connectivity index (χ3v) is 3.97. The van der Waals surface area contributed by atoms with Crippen molar-refractivity contribution < 1.29 is 13.2 Å². The van der Waals surface area contributed by atoms with Crippen molar-refractivity contribution in [2.24, 2.45) is 10.9 Å². The Labute approximate surface area is 129 Å². The monoisotopic (exact) mass is 318 g/mol. The van der Waals surface area contributed by atoms with Crippen molar-refractivity contribution in [1.29, 1.82) is 0 Å². The number of halogens is 3. The van der Waals surface area contributed by atoms with Gasteiger partial charge in [-0.05, 0) is 38.6 Å². The van der Waals surface area contributed by atoms with E-state index in [2.05, 4.69) is 27.8 Å². The molecule has 0 amide bonds. The molecule has 2 aliphatic rings. The second-order valence-electron chi connectivity index (χ2n) is 6.01. The van der Waals surface area contributed by atoms with E-state index in [1.54, 1.807) is 0 Å². The normalized spacial score (nSPS) is 24.2. The van der Waals surface area contributed by atoms with Crippen LogP contribution in [0.3, 0.4) is 0 Å². The molecule has 1 aliphatic heterocycles. The first-order valence-corrected chi connectivity index (χ1v) is 7.95. The zero-order valence-corrected chi connectivity index (χ0v) is 13.0. The molecule has 1 heterocycles. The summed E-state index contributed by atoms with van der Waals surface area (Å²) in [5.74, 6) is 0.977. The van der Waals surface area contributed by atoms with Gasteiger partial charge in [0.25, 0.3) is 0 Å². The Kier molecular flexibility index (Phi) is 6.11.